The van der Waals surface area contributed by atoms with Crippen LogP contribution in [0.25, 0.3) is 0 Å². The van der Waals surface area contributed by atoms with E-state index >= 15 is 0 Å². The van der Waals surface area contributed by atoms with Gasteiger partial charge in [-0.3, -0.25) is 4.79 Å². The molecule has 2 aromatic rings. The van der Waals surface area contributed by atoms with Crippen LogP contribution in [0.1, 0.15) is 50.0 Å². The van der Waals surface area contributed by atoms with E-state index in [1.165, 1.54) is 10.4 Å². The van der Waals surface area contributed by atoms with Gasteiger partial charge in [0, 0.05) is 23.9 Å². The summed E-state index contributed by atoms with van der Waals surface area (Å²) in [6, 6.07) is 2.08. The molecule has 0 bridgehead atoms. The Balaban J connectivity index is 1.58. The van der Waals surface area contributed by atoms with Gasteiger partial charge in [0.2, 0.25) is 0 Å². The lowest BCUT2D eigenvalue weighted by Gasteiger charge is -2.40. The SMILES string of the molecule is Cc1noc(C)c1CN(C)C(=O)c1cc2c(s1)CCOC21CCNCC1. The van der Waals surface area contributed by atoms with Crippen LogP contribution in [-0.4, -0.2) is 42.7 Å². The van der Waals surface area contributed by atoms with E-state index in [0.717, 1.165) is 60.9 Å². The summed E-state index contributed by atoms with van der Waals surface area (Å²) in [5.74, 6) is 0.822. The number of nitrogens with one attached hydrogen (secondary N) is 1. The predicted molar refractivity (Wildman–Crippen MR) is 99.5 cm³/mol. The van der Waals surface area contributed by atoms with Gasteiger partial charge >= 0.3 is 0 Å². The first-order valence-electron chi connectivity index (χ1n) is 9.15. The molecule has 6 nitrogen and oxygen atoms in total. The Labute approximate surface area is 157 Å². The van der Waals surface area contributed by atoms with Crippen LogP contribution in [0.2, 0.25) is 0 Å². The molecule has 0 aromatic carbocycles. The molecule has 1 fully saturated rings. The van der Waals surface area contributed by atoms with Crippen LogP contribution in [0.3, 0.4) is 0 Å². The smallest absolute Gasteiger partial charge is 0.263 e. The van der Waals surface area contributed by atoms with E-state index in [1.807, 2.05) is 20.9 Å². The molecule has 140 valence electrons. The van der Waals surface area contributed by atoms with Crippen molar-refractivity contribution < 1.29 is 14.1 Å². The number of carbonyl (C=O) groups excluding carboxylic acids is 1. The molecule has 0 unspecified atom stereocenters. The van der Waals surface area contributed by atoms with Gasteiger partial charge < -0.3 is 19.5 Å². The Morgan fingerprint density at radius 1 is 1.38 bits per heavy atom. The number of amides is 1. The number of aromatic nitrogens is 1. The molecule has 0 saturated carbocycles. The van der Waals surface area contributed by atoms with Crippen LogP contribution in [0.4, 0.5) is 0 Å². The summed E-state index contributed by atoms with van der Waals surface area (Å²) in [4.78, 5) is 16.9. The van der Waals surface area contributed by atoms with E-state index < -0.39 is 0 Å². The standard InChI is InChI=1S/C19H25N3O3S/c1-12-14(13(2)25-21-12)11-22(3)18(23)17-10-15-16(26-17)4-9-24-19(15)5-7-20-8-6-19/h10,20H,4-9,11H2,1-3H3. The number of piperidine rings is 1. The van der Waals surface area contributed by atoms with E-state index in [4.69, 9.17) is 9.26 Å². The maximum atomic E-state index is 13.0. The van der Waals surface area contributed by atoms with Crippen molar-refractivity contribution >= 4 is 17.2 Å². The summed E-state index contributed by atoms with van der Waals surface area (Å²) in [5.41, 5.74) is 2.87. The fraction of sp³-hybridized carbons (Fsp3) is 0.579. The number of nitrogens with zero attached hydrogens (tertiary/aromatic N) is 2. The number of aryl methyl sites for hydroxylation is 2. The molecule has 1 amide bonds. The molecule has 0 radical (unpaired) electrons. The summed E-state index contributed by atoms with van der Waals surface area (Å²) in [5, 5.41) is 7.38. The van der Waals surface area contributed by atoms with Gasteiger partial charge in [-0.15, -0.1) is 11.3 Å². The molecule has 7 heteroatoms. The summed E-state index contributed by atoms with van der Waals surface area (Å²) in [7, 11) is 1.84. The second kappa shape index (κ2) is 6.79. The zero-order chi connectivity index (χ0) is 18.3. The normalized spacial score (nSPS) is 18.7. The first-order valence-corrected chi connectivity index (χ1v) is 9.97. The number of thiophene rings is 1. The minimum absolute atomic E-state index is 0.0495. The van der Waals surface area contributed by atoms with Gasteiger partial charge in [0.1, 0.15) is 5.76 Å². The van der Waals surface area contributed by atoms with Crippen LogP contribution in [-0.2, 0) is 23.3 Å². The van der Waals surface area contributed by atoms with Gasteiger partial charge in [0.15, 0.2) is 0 Å². The molecule has 2 aliphatic rings. The lowest BCUT2D eigenvalue weighted by atomic mass is 9.83. The van der Waals surface area contributed by atoms with E-state index in [0.29, 0.717) is 6.54 Å². The highest BCUT2D eigenvalue weighted by molar-refractivity contribution is 7.14. The maximum Gasteiger partial charge on any atom is 0.263 e. The number of fused-ring (bicyclic) bond motifs is 2. The molecule has 26 heavy (non-hydrogen) atoms. The number of ether oxygens (including phenoxy) is 1. The fourth-order valence-electron chi connectivity index (χ4n) is 3.99. The summed E-state index contributed by atoms with van der Waals surface area (Å²) < 4.78 is 11.4. The third kappa shape index (κ3) is 2.98. The van der Waals surface area contributed by atoms with Gasteiger partial charge in [-0.25, -0.2) is 0 Å². The average molecular weight is 375 g/mol. The van der Waals surface area contributed by atoms with Crippen molar-refractivity contribution in [3.8, 4) is 0 Å². The zero-order valence-electron chi connectivity index (χ0n) is 15.6. The van der Waals surface area contributed by atoms with Crippen molar-refractivity contribution in [3.05, 3.63) is 38.4 Å². The summed E-state index contributed by atoms with van der Waals surface area (Å²) in [6.07, 6.45) is 2.84. The van der Waals surface area contributed by atoms with Crippen molar-refractivity contribution in [2.75, 3.05) is 26.7 Å². The molecule has 1 saturated heterocycles. The van der Waals surface area contributed by atoms with Gasteiger partial charge in [0.25, 0.3) is 5.91 Å². The molecule has 2 aliphatic heterocycles. The summed E-state index contributed by atoms with van der Waals surface area (Å²) in [6.45, 7) is 6.97. The minimum atomic E-state index is -0.200. The van der Waals surface area contributed by atoms with Crippen LogP contribution in [0, 0.1) is 13.8 Å². The lowest BCUT2D eigenvalue weighted by Crippen LogP contribution is -2.44. The molecule has 4 rings (SSSR count). The minimum Gasteiger partial charge on any atom is -0.370 e. The Morgan fingerprint density at radius 3 is 2.85 bits per heavy atom. The van der Waals surface area contributed by atoms with Gasteiger partial charge in [-0.05, 0) is 51.4 Å². The Bertz CT molecular complexity index is 801. The number of hydrogen-bond acceptors (Lipinski definition) is 6. The van der Waals surface area contributed by atoms with Crippen molar-refractivity contribution in [2.24, 2.45) is 0 Å². The molecule has 2 aromatic heterocycles. The van der Waals surface area contributed by atoms with Crippen LogP contribution >= 0.6 is 11.3 Å². The number of hydrogen-bond donors (Lipinski definition) is 1. The van der Waals surface area contributed by atoms with Gasteiger partial charge in [0.05, 0.1) is 29.3 Å². The highest BCUT2D eigenvalue weighted by Crippen LogP contribution is 2.43. The van der Waals surface area contributed by atoms with E-state index in [-0.39, 0.29) is 11.5 Å². The topological polar surface area (TPSA) is 67.6 Å². The quantitative estimate of drug-likeness (QED) is 0.893. The molecule has 1 N–H and O–H groups in total. The largest absolute Gasteiger partial charge is 0.370 e. The molecule has 4 heterocycles. The third-order valence-electron chi connectivity index (χ3n) is 5.55. The lowest BCUT2D eigenvalue weighted by molar-refractivity contribution is -0.0792. The zero-order valence-corrected chi connectivity index (χ0v) is 16.4. The van der Waals surface area contributed by atoms with Crippen LogP contribution in [0.15, 0.2) is 10.6 Å². The summed E-state index contributed by atoms with van der Waals surface area (Å²) >= 11 is 1.63. The molecular weight excluding hydrogens is 350 g/mol. The molecular formula is C19H25N3O3S. The fourth-order valence-corrected chi connectivity index (χ4v) is 5.22. The molecule has 0 atom stereocenters. The monoisotopic (exact) mass is 375 g/mol. The number of rotatable bonds is 3. The van der Waals surface area contributed by atoms with E-state index in [2.05, 4.69) is 16.5 Å². The highest BCUT2D eigenvalue weighted by atomic mass is 32.1. The highest BCUT2D eigenvalue weighted by Gasteiger charge is 2.40. The van der Waals surface area contributed by atoms with Crippen molar-refractivity contribution in [2.45, 2.75) is 45.3 Å². The second-order valence-corrected chi connectivity index (χ2v) is 8.39. The van der Waals surface area contributed by atoms with Crippen molar-refractivity contribution in [1.82, 2.24) is 15.4 Å². The van der Waals surface area contributed by atoms with Gasteiger partial charge in [-0.1, -0.05) is 5.16 Å². The first-order chi connectivity index (χ1) is 12.5. The van der Waals surface area contributed by atoms with Gasteiger partial charge in [-0.2, -0.15) is 0 Å². The second-order valence-electron chi connectivity index (χ2n) is 7.25. The average Bonchev–Trinajstić information content (AvgIpc) is 3.22. The first kappa shape index (κ1) is 17.7. The number of carbonyl (C=O) groups is 1. The third-order valence-corrected chi connectivity index (χ3v) is 6.74. The molecule has 0 aliphatic carbocycles. The Morgan fingerprint density at radius 2 is 2.15 bits per heavy atom. The van der Waals surface area contributed by atoms with E-state index in [1.54, 1.807) is 16.2 Å². The van der Waals surface area contributed by atoms with Crippen LogP contribution < -0.4 is 5.32 Å². The molecule has 1 spiro atoms. The van der Waals surface area contributed by atoms with Crippen LogP contribution in [0.5, 0.6) is 0 Å². The van der Waals surface area contributed by atoms with E-state index in [9.17, 15) is 4.79 Å². The predicted octanol–water partition coefficient (Wildman–Crippen LogP) is 2.78. The van der Waals surface area contributed by atoms with Crippen molar-refractivity contribution in [1.29, 1.82) is 0 Å². The van der Waals surface area contributed by atoms with Crippen molar-refractivity contribution in [3.63, 3.8) is 0 Å². The Hall–Kier alpha value is -1.70. The Kier molecular flexibility index (Phi) is 4.62. The maximum absolute atomic E-state index is 13.0.